The van der Waals surface area contributed by atoms with Gasteiger partial charge in [0.1, 0.15) is 12.4 Å². The highest BCUT2D eigenvalue weighted by Crippen LogP contribution is 2.23. The molecule has 0 atom stereocenters. The highest BCUT2D eigenvalue weighted by Gasteiger charge is 2.12. The Morgan fingerprint density at radius 3 is 2.69 bits per heavy atom. The lowest BCUT2D eigenvalue weighted by atomic mass is 10.2. The van der Waals surface area contributed by atoms with Crippen LogP contribution in [0.4, 0.5) is 11.6 Å². The minimum Gasteiger partial charge on any atom is -0.492 e. The number of anilines is 2. The smallest absolute Gasteiger partial charge is 0.247 e. The first-order valence-corrected chi connectivity index (χ1v) is 11.4. The van der Waals surface area contributed by atoms with Crippen LogP contribution in [0, 0.1) is 0 Å². The molecule has 0 aliphatic carbocycles. The summed E-state index contributed by atoms with van der Waals surface area (Å²) in [5.41, 5.74) is 3.70. The molecule has 1 N–H and O–H groups in total. The van der Waals surface area contributed by atoms with Gasteiger partial charge in [0.15, 0.2) is 5.65 Å². The van der Waals surface area contributed by atoms with Crippen molar-refractivity contribution in [2.45, 2.75) is 32.7 Å². The number of hydrogen-bond donors (Lipinski definition) is 1. The lowest BCUT2D eigenvalue weighted by Crippen LogP contribution is -2.25. The third kappa shape index (κ3) is 4.60. The van der Waals surface area contributed by atoms with Gasteiger partial charge in [-0.15, -0.1) is 5.10 Å². The van der Waals surface area contributed by atoms with Gasteiger partial charge in [-0.25, -0.2) is 4.52 Å². The number of pyridine rings is 1. The molecule has 5 rings (SSSR count). The van der Waals surface area contributed by atoms with E-state index in [0.29, 0.717) is 5.95 Å². The first kappa shape index (κ1) is 20.5. The Labute approximate surface area is 187 Å². The van der Waals surface area contributed by atoms with Gasteiger partial charge in [0, 0.05) is 30.5 Å². The number of benzene rings is 1. The summed E-state index contributed by atoms with van der Waals surface area (Å²) in [6.45, 7) is 7.15. The van der Waals surface area contributed by atoms with E-state index in [0.717, 1.165) is 54.5 Å². The third-order valence-corrected chi connectivity index (χ3v) is 5.73. The summed E-state index contributed by atoms with van der Waals surface area (Å²) >= 11 is 0. The van der Waals surface area contributed by atoms with Crippen molar-refractivity contribution in [1.29, 1.82) is 0 Å². The molecule has 0 saturated carbocycles. The summed E-state index contributed by atoms with van der Waals surface area (Å²) in [5, 5.41) is 12.4. The van der Waals surface area contributed by atoms with Crippen LogP contribution in [0.3, 0.4) is 0 Å². The van der Waals surface area contributed by atoms with E-state index in [2.05, 4.69) is 38.5 Å². The molecule has 0 radical (unpaired) electrons. The largest absolute Gasteiger partial charge is 0.492 e. The molecule has 8 nitrogen and oxygen atoms in total. The van der Waals surface area contributed by atoms with Gasteiger partial charge < -0.3 is 10.1 Å². The van der Waals surface area contributed by atoms with Crippen molar-refractivity contribution in [3.63, 3.8) is 0 Å². The monoisotopic (exact) mass is 431 g/mol. The van der Waals surface area contributed by atoms with Crippen LogP contribution >= 0.6 is 0 Å². The second kappa shape index (κ2) is 9.40. The Morgan fingerprint density at radius 2 is 1.88 bits per heavy atom. The minimum atomic E-state index is 0.557. The van der Waals surface area contributed by atoms with Gasteiger partial charge in [0.05, 0.1) is 11.9 Å². The number of likely N-dealkylation sites (tertiary alicyclic amines) is 1. The van der Waals surface area contributed by atoms with Gasteiger partial charge in [-0.2, -0.15) is 10.1 Å². The fourth-order valence-electron chi connectivity index (χ4n) is 4.09. The number of hydrogen-bond acceptors (Lipinski definition) is 6. The van der Waals surface area contributed by atoms with E-state index in [9.17, 15) is 0 Å². The quantitative estimate of drug-likeness (QED) is 0.428. The van der Waals surface area contributed by atoms with Crippen molar-refractivity contribution in [1.82, 2.24) is 29.3 Å². The van der Waals surface area contributed by atoms with Crippen LogP contribution < -0.4 is 10.1 Å². The highest BCUT2D eigenvalue weighted by molar-refractivity contribution is 5.63. The number of fused-ring (bicyclic) bond motifs is 1. The summed E-state index contributed by atoms with van der Waals surface area (Å²) in [6, 6.07) is 13.9. The van der Waals surface area contributed by atoms with Crippen LogP contribution in [-0.4, -0.2) is 55.5 Å². The Hall–Kier alpha value is -3.39. The Bertz CT molecular complexity index is 1160. The van der Waals surface area contributed by atoms with Crippen molar-refractivity contribution >= 4 is 17.3 Å². The minimum absolute atomic E-state index is 0.557. The lowest BCUT2D eigenvalue weighted by Gasteiger charge is -2.15. The second-order valence-electron chi connectivity index (χ2n) is 8.16. The molecule has 4 aromatic rings. The molecule has 1 aliphatic rings. The molecule has 0 unspecified atom stereocenters. The molecule has 1 aliphatic heterocycles. The van der Waals surface area contributed by atoms with Crippen LogP contribution in [0.5, 0.6) is 5.75 Å². The first-order chi connectivity index (χ1) is 15.8. The maximum atomic E-state index is 5.89. The molecule has 32 heavy (non-hydrogen) atoms. The first-order valence-electron chi connectivity index (χ1n) is 11.4. The van der Waals surface area contributed by atoms with Crippen LogP contribution in [0.1, 0.15) is 26.2 Å². The van der Waals surface area contributed by atoms with E-state index in [1.807, 2.05) is 57.9 Å². The van der Waals surface area contributed by atoms with Gasteiger partial charge in [0.25, 0.3) is 0 Å². The van der Waals surface area contributed by atoms with Crippen molar-refractivity contribution in [2.24, 2.45) is 0 Å². The summed E-state index contributed by atoms with van der Waals surface area (Å²) < 4.78 is 9.70. The van der Waals surface area contributed by atoms with E-state index in [1.165, 1.54) is 25.9 Å². The SMILES string of the molecule is CCCn1cc(-c2cccc3nc(Nc4ccc(OCCN5CCCC5)cc4)nn23)cn1. The predicted octanol–water partition coefficient (Wildman–Crippen LogP) is 4.22. The zero-order valence-electron chi connectivity index (χ0n) is 18.4. The number of nitrogens with one attached hydrogen (secondary N) is 1. The summed E-state index contributed by atoms with van der Waals surface area (Å²) in [5.74, 6) is 1.44. The maximum absolute atomic E-state index is 5.89. The number of ether oxygens (including phenoxy) is 1. The maximum Gasteiger partial charge on any atom is 0.247 e. The number of rotatable bonds is 9. The fraction of sp³-hybridized carbons (Fsp3) is 0.375. The average Bonchev–Trinajstić information content (AvgIpc) is 3.56. The number of aromatic nitrogens is 5. The van der Waals surface area contributed by atoms with Crippen LogP contribution in [0.15, 0.2) is 54.9 Å². The topological polar surface area (TPSA) is 72.5 Å². The second-order valence-corrected chi connectivity index (χ2v) is 8.16. The zero-order chi connectivity index (χ0) is 21.8. The van der Waals surface area contributed by atoms with Gasteiger partial charge >= 0.3 is 0 Å². The van der Waals surface area contributed by atoms with E-state index in [4.69, 9.17) is 4.74 Å². The molecule has 0 amide bonds. The Balaban J connectivity index is 1.26. The summed E-state index contributed by atoms with van der Waals surface area (Å²) in [7, 11) is 0. The average molecular weight is 432 g/mol. The molecule has 0 spiro atoms. The summed E-state index contributed by atoms with van der Waals surface area (Å²) in [4.78, 5) is 7.08. The molecule has 1 saturated heterocycles. The third-order valence-electron chi connectivity index (χ3n) is 5.73. The lowest BCUT2D eigenvalue weighted by molar-refractivity contribution is 0.238. The van der Waals surface area contributed by atoms with Crippen molar-refractivity contribution in [3.05, 3.63) is 54.9 Å². The number of nitrogens with zero attached hydrogens (tertiary/aromatic N) is 6. The van der Waals surface area contributed by atoms with Crippen LogP contribution in [0.2, 0.25) is 0 Å². The Morgan fingerprint density at radius 1 is 1.03 bits per heavy atom. The molecule has 1 aromatic carbocycles. The van der Waals surface area contributed by atoms with E-state index in [1.54, 1.807) is 0 Å². The summed E-state index contributed by atoms with van der Waals surface area (Å²) in [6.07, 6.45) is 7.59. The molecular formula is C24H29N7O. The van der Waals surface area contributed by atoms with E-state index < -0.39 is 0 Å². The van der Waals surface area contributed by atoms with Crippen LogP contribution in [-0.2, 0) is 6.54 Å². The molecule has 1 fully saturated rings. The molecule has 166 valence electrons. The Kier molecular flexibility index (Phi) is 6.02. The van der Waals surface area contributed by atoms with E-state index in [-0.39, 0.29) is 0 Å². The molecule has 3 aromatic heterocycles. The zero-order valence-corrected chi connectivity index (χ0v) is 18.4. The van der Waals surface area contributed by atoms with Gasteiger partial charge in [-0.1, -0.05) is 13.0 Å². The highest BCUT2D eigenvalue weighted by atomic mass is 16.5. The van der Waals surface area contributed by atoms with Gasteiger partial charge in [0.2, 0.25) is 5.95 Å². The van der Waals surface area contributed by atoms with Gasteiger partial charge in [-0.3, -0.25) is 9.58 Å². The van der Waals surface area contributed by atoms with Crippen molar-refractivity contribution in [3.8, 4) is 17.0 Å². The molecular weight excluding hydrogens is 402 g/mol. The molecule has 4 heterocycles. The van der Waals surface area contributed by atoms with E-state index >= 15 is 0 Å². The van der Waals surface area contributed by atoms with Crippen LogP contribution in [0.25, 0.3) is 16.9 Å². The fourth-order valence-corrected chi connectivity index (χ4v) is 4.09. The predicted molar refractivity (Wildman–Crippen MR) is 125 cm³/mol. The van der Waals surface area contributed by atoms with Gasteiger partial charge in [-0.05, 0) is 68.8 Å². The standard InChI is InChI=1S/C24H29N7O/c1-2-12-30-18-19(17-25-30)22-6-5-7-23-27-24(28-31(22)23)26-20-8-10-21(11-9-20)32-16-15-29-13-3-4-14-29/h5-11,17-18H,2-4,12-16H2,1H3,(H,26,28). The molecule has 0 bridgehead atoms. The number of aryl methyl sites for hydroxylation is 1. The van der Waals surface area contributed by atoms with Crippen molar-refractivity contribution < 1.29 is 4.74 Å². The normalized spacial score (nSPS) is 14.3. The molecule has 8 heteroatoms. The van der Waals surface area contributed by atoms with Crippen molar-refractivity contribution in [2.75, 3.05) is 31.6 Å².